The zero-order valence-electron chi connectivity index (χ0n) is 11.9. The predicted octanol–water partition coefficient (Wildman–Crippen LogP) is 0.517. The number of carbonyl (C=O) groups excluding carboxylic acids is 1. The van der Waals surface area contributed by atoms with Crippen LogP contribution in [-0.2, 0) is 11.8 Å². The van der Waals surface area contributed by atoms with Crippen LogP contribution in [0.5, 0.6) is 0 Å². The molecule has 1 aromatic heterocycles. The minimum Gasteiger partial charge on any atom is -0.394 e. The zero-order chi connectivity index (χ0) is 14.2. The van der Waals surface area contributed by atoms with Crippen molar-refractivity contribution in [3.8, 4) is 0 Å². The number of hydrogen-bond acceptors (Lipinski definition) is 5. The fourth-order valence-electron chi connectivity index (χ4n) is 2.73. The second-order valence-electron chi connectivity index (χ2n) is 5.63. The Hall–Kier alpha value is -1.40. The molecule has 0 aliphatic carbocycles. The maximum atomic E-state index is 11.3. The Kier molecular flexibility index (Phi) is 3.64. The summed E-state index contributed by atoms with van der Waals surface area (Å²) in [5.41, 5.74) is 0.957. The van der Waals surface area contributed by atoms with Crippen LogP contribution in [0.3, 0.4) is 0 Å². The molecule has 1 fully saturated rings. The van der Waals surface area contributed by atoms with E-state index >= 15 is 0 Å². The molecule has 1 aliphatic heterocycles. The van der Waals surface area contributed by atoms with Gasteiger partial charge in [0.2, 0.25) is 0 Å². The van der Waals surface area contributed by atoms with Crippen LogP contribution < -0.4 is 4.90 Å². The lowest BCUT2D eigenvalue weighted by Gasteiger charge is -2.43. The van der Waals surface area contributed by atoms with Crippen LogP contribution >= 0.6 is 0 Å². The molecule has 6 nitrogen and oxygen atoms in total. The minimum atomic E-state index is -0.371. The average Bonchev–Trinajstić information content (AvgIpc) is 2.61. The molecule has 1 saturated heterocycles. The number of aldehydes is 1. The molecule has 2 rings (SSSR count). The van der Waals surface area contributed by atoms with Gasteiger partial charge in [0.05, 0.1) is 29.6 Å². The molecule has 1 unspecified atom stereocenters. The fourth-order valence-corrected chi connectivity index (χ4v) is 2.73. The highest BCUT2D eigenvalue weighted by atomic mass is 16.5. The van der Waals surface area contributed by atoms with Crippen LogP contribution in [0.15, 0.2) is 0 Å². The van der Waals surface area contributed by atoms with Crippen molar-refractivity contribution in [2.75, 3.05) is 24.6 Å². The molecule has 19 heavy (non-hydrogen) atoms. The Morgan fingerprint density at radius 1 is 1.58 bits per heavy atom. The Morgan fingerprint density at radius 3 is 2.84 bits per heavy atom. The summed E-state index contributed by atoms with van der Waals surface area (Å²) in [5, 5.41) is 13.6. The first-order chi connectivity index (χ1) is 8.88. The first-order valence-corrected chi connectivity index (χ1v) is 6.40. The Labute approximate surface area is 113 Å². The number of aromatic nitrogens is 2. The van der Waals surface area contributed by atoms with Crippen LogP contribution in [-0.4, -0.2) is 52.6 Å². The van der Waals surface area contributed by atoms with Gasteiger partial charge in [-0.25, -0.2) is 0 Å². The number of aliphatic hydroxyl groups is 1. The lowest BCUT2D eigenvalue weighted by atomic mass is 10.0. The summed E-state index contributed by atoms with van der Waals surface area (Å²) in [4.78, 5) is 13.3. The standard InChI is InChI=1S/C13H21N3O3/c1-9-11(7-18)12(15(4)14-9)16-5-10(6-17)19-13(2,3)8-16/h7,10,17H,5-6,8H2,1-4H3. The average molecular weight is 267 g/mol. The number of aliphatic hydroxyl groups excluding tert-OH is 1. The summed E-state index contributed by atoms with van der Waals surface area (Å²) in [6, 6.07) is 0. The number of anilines is 1. The molecule has 0 saturated carbocycles. The van der Waals surface area contributed by atoms with E-state index in [1.807, 2.05) is 27.8 Å². The molecule has 0 aromatic carbocycles. The monoisotopic (exact) mass is 267 g/mol. The third kappa shape index (κ3) is 2.64. The van der Waals surface area contributed by atoms with Crippen molar-refractivity contribution < 1.29 is 14.6 Å². The molecule has 106 valence electrons. The molecule has 6 heteroatoms. The number of rotatable bonds is 3. The van der Waals surface area contributed by atoms with Gasteiger partial charge in [0, 0.05) is 20.1 Å². The highest BCUT2D eigenvalue weighted by molar-refractivity contribution is 5.84. The van der Waals surface area contributed by atoms with Crippen molar-refractivity contribution in [1.29, 1.82) is 0 Å². The quantitative estimate of drug-likeness (QED) is 0.809. The summed E-state index contributed by atoms with van der Waals surface area (Å²) < 4.78 is 7.50. The van der Waals surface area contributed by atoms with Gasteiger partial charge in [0.15, 0.2) is 6.29 Å². The van der Waals surface area contributed by atoms with Crippen LogP contribution in [0.2, 0.25) is 0 Å². The molecule has 1 aromatic rings. The smallest absolute Gasteiger partial charge is 0.155 e. The SMILES string of the molecule is Cc1nn(C)c(N2CC(CO)OC(C)(C)C2)c1C=O. The first-order valence-electron chi connectivity index (χ1n) is 6.40. The van der Waals surface area contributed by atoms with Crippen LogP contribution in [0.1, 0.15) is 29.9 Å². The number of aryl methyl sites for hydroxylation is 2. The van der Waals surface area contributed by atoms with Gasteiger partial charge < -0.3 is 14.7 Å². The molecular formula is C13H21N3O3. The van der Waals surface area contributed by atoms with Crippen molar-refractivity contribution in [1.82, 2.24) is 9.78 Å². The number of morpholine rings is 1. The van der Waals surface area contributed by atoms with E-state index in [4.69, 9.17) is 4.74 Å². The lowest BCUT2D eigenvalue weighted by molar-refractivity contribution is -0.101. The van der Waals surface area contributed by atoms with Gasteiger partial charge in [-0.2, -0.15) is 5.10 Å². The molecule has 2 heterocycles. The van der Waals surface area contributed by atoms with E-state index in [2.05, 4.69) is 10.00 Å². The highest BCUT2D eigenvalue weighted by Gasteiger charge is 2.35. The summed E-state index contributed by atoms with van der Waals surface area (Å²) in [6.07, 6.45) is 0.590. The van der Waals surface area contributed by atoms with Gasteiger partial charge >= 0.3 is 0 Å². The van der Waals surface area contributed by atoms with Crippen LogP contribution in [0.4, 0.5) is 5.82 Å². The number of hydrogen-bond donors (Lipinski definition) is 1. The Balaban J connectivity index is 2.38. The summed E-state index contributed by atoms with van der Waals surface area (Å²) in [7, 11) is 1.83. The van der Waals surface area contributed by atoms with Crippen molar-refractivity contribution >= 4 is 12.1 Å². The zero-order valence-corrected chi connectivity index (χ0v) is 11.9. The van der Waals surface area contributed by atoms with Gasteiger partial charge in [-0.15, -0.1) is 0 Å². The largest absolute Gasteiger partial charge is 0.394 e. The first kappa shape index (κ1) is 14.0. The van der Waals surface area contributed by atoms with Crippen molar-refractivity contribution in [3.63, 3.8) is 0 Å². The Morgan fingerprint density at radius 2 is 2.26 bits per heavy atom. The summed E-state index contributed by atoms with van der Waals surface area (Å²) >= 11 is 0. The molecular weight excluding hydrogens is 246 g/mol. The predicted molar refractivity (Wildman–Crippen MR) is 71.6 cm³/mol. The molecule has 0 bridgehead atoms. The normalized spacial score (nSPS) is 22.6. The van der Waals surface area contributed by atoms with Gasteiger partial charge in [-0.1, -0.05) is 0 Å². The van der Waals surface area contributed by atoms with E-state index in [1.165, 1.54) is 0 Å². The van der Waals surface area contributed by atoms with E-state index < -0.39 is 0 Å². The Bertz CT molecular complexity index is 482. The van der Waals surface area contributed by atoms with Crippen molar-refractivity contribution in [2.45, 2.75) is 32.5 Å². The van der Waals surface area contributed by atoms with Gasteiger partial charge in [-0.3, -0.25) is 9.48 Å². The number of ether oxygens (including phenoxy) is 1. The van der Waals surface area contributed by atoms with Crippen molar-refractivity contribution in [3.05, 3.63) is 11.3 Å². The summed E-state index contributed by atoms with van der Waals surface area (Å²) in [6.45, 7) is 6.95. The maximum Gasteiger partial charge on any atom is 0.155 e. The van der Waals surface area contributed by atoms with Crippen LogP contribution in [0.25, 0.3) is 0 Å². The maximum absolute atomic E-state index is 11.3. The second-order valence-corrected chi connectivity index (χ2v) is 5.63. The lowest BCUT2D eigenvalue weighted by Crippen LogP contribution is -2.54. The number of nitrogens with zero attached hydrogens (tertiary/aromatic N) is 3. The van der Waals surface area contributed by atoms with E-state index in [1.54, 1.807) is 4.68 Å². The second kappa shape index (κ2) is 4.94. The minimum absolute atomic E-state index is 0.0345. The molecule has 0 amide bonds. The fraction of sp³-hybridized carbons (Fsp3) is 0.692. The van der Waals surface area contributed by atoms with Gasteiger partial charge in [0.25, 0.3) is 0 Å². The molecule has 1 N–H and O–H groups in total. The molecule has 0 radical (unpaired) electrons. The molecule has 0 spiro atoms. The third-order valence-electron chi connectivity index (χ3n) is 3.34. The highest BCUT2D eigenvalue weighted by Crippen LogP contribution is 2.28. The van der Waals surface area contributed by atoms with Gasteiger partial charge in [-0.05, 0) is 20.8 Å². The molecule has 1 atom stereocenters. The van der Waals surface area contributed by atoms with Crippen LogP contribution in [0, 0.1) is 6.92 Å². The summed E-state index contributed by atoms with van der Waals surface area (Å²) in [5.74, 6) is 0.794. The van der Waals surface area contributed by atoms with E-state index in [9.17, 15) is 9.90 Å². The molecule has 1 aliphatic rings. The topological polar surface area (TPSA) is 67.6 Å². The van der Waals surface area contributed by atoms with E-state index in [0.29, 0.717) is 18.7 Å². The van der Waals surface area contributed by atoms with Gasteiger partial charge in [0.1, 0.15) is 5.82 Å². The van der Waals surface area contributed by atoms with E-state index in [-0.39, 0.29) is 18.3 Å². The van der Waals surface area contributed by atoms with E-state index in [0.717, 1.165) is 17.8 Å². The number of carbonyl (C=O) groups is 1. The van der Waals surface area contributed by atoms with Crippen molar-refractivity contribution in [2.24, 2.45) is 7.05 Å². The third-order valence-corrected chi connectivity index (χ3v) is 3.34.